The van der Waals surface area contributed by atoms with E-state index in [4.69, 9.17) is 9.47 Å². The molecule has 1 aromatic carbocycles. The molecule has 5 heteroatoms. The quantitative estimate of drug-likeness (QED) is 0.931. The van der Waals surface area contributed by atoms with Crippen LogP contribution in [0.4, 0.5) is 4.79 Å². The van der Waals surface area contributed by atoms with Gasteiger partial charge < -0.3 is 14.8 Å². The lowest BCUT2D eigenvalue weighted by molar-refractivity contribution is 0.0516. The summed E-state index contributed by atoms with van der Waals surface area (Å²) in [6.07, 6.45) is 1.90. The molecule has 0 saturated heterocycles. The summed E-state index contributed by atoms with van der Waals surface area (Å²) >= 11 is 0. The average Bonchev–Trinajstić information content (AvgIpc) is 2.44. The second-order valence-electron chi connectivity index (χ2n) is 6.43. The summed E-state index contributed by atoms with van der Waals surface area (Å²) in [4.78, 5) is 11.7. The Morgan fingerprint density at radius 2 is 2.27 bits per heavy atom. The van der Waals surface area contributed by atoms with Crippen LogP contribution in [0.15, 0.2) is 18.2 Å². The topological polar surface area (TPSA) is 71.3 Å². The molecule has 0 unspecified atom stereocenters. The van der Waals surface area contributed by atoms with Gasteiger partial charge in [0.1, 0.15) is 17.4 Å². The summed E-state index contributed by atoms with van der Waals surface area (Å²) < 4.78 is 10.8. The highest BCUT2D eigenvalue weighted by Gasteiger charge is 2.20. The minimum atomic E-state index is -0.628. The summed E-state index contributed by atoms with van der Waals surface area (Å²) in [6, 6.07) is 7.43. The molecule has 5 nitrogen and oxygen atoms in total. The van der Waals surface area contributed by atoms with Crippen molar-refractivity contribution in [3.05, 3.63) is 29.3 Å². The molecular formula is C17H22N2O3. The molecule has 118 valence electrons. The average molecular weight is 302 g/mol. The highest BCUT2D eigenvalue weighted by Crippen LogP contribution is 2.26. The molecular weight excluding hydrogens is 280 g/mol. The molecule has 2 rings (SSSR count). The van der Waals surface area contributed by atoms with Crippen molar-refractivity contribution in [1.29, 1.82) is 5.26 Å². The van der Waals surface area contributed by atoms with Gasteiger partial charge in [-0.05, 0) is 50.8 Å². The van der Waals surface area contributed by atoms with Gasteiger partial charge in [0.05, 0.1) is 12.7 Å². The monoisotopic (exact) mass is 302 g/mol. The molecule has 0 spiro atoms. The van der Waals surface area contributed by atoms with Gasteiger partial charge in [-0.2, -0.15) is 5.26 Å². The lowest BCUT2D eigenvalue weighted by Crippen LogP contribution is -2.39. The van der Waals surface area contributed by atoms with Crippen LogP contribution in [0.5, 0.6) is 5.75 Å². The minimum absolute atomic E-state index is 0.423. The zero-order valence-corrected chi connectivity index (χ0v) is 13.3. The third-order valence-corrected chi connectivity index (χ3v) is 3.27. The zero-order valence-electron chi connectivity index (χ0n) is 13.3. The number of nitrogens with zero attached hydrogens (tertiary/aromatic N) is 1. The van der Waals surface area contributed by atoms with Crippen molar-refractivity contribution in [3.8, 4) is 11.8 Å². The Kier molecular flexibility index (Phi) is 4.92. The Balaban J connectivity index is 1.98. The molecule has 22 heavy (non-hydrogen) atoms. The number of alkyl carbamates (subject to hydrolysis) is 1. The van der Waals surface area contributed by atoms with E-state index in [1.807, 2.05) is 18.2 Å². The van der Waals surface area contributed by atoms with Crippen LogP contribution in [0.1, 0.15) is 38.3 Å². The number of nitrogens with one attached hydrogen (secondary N) is 1. The van der Waals surface area contributed by atoms with E-state index in [2.05, 4.69) is 11.4 Å². The zero-order chi connectivity index (χ0) is 16.2. The molecule has 1 heterocycles. The third-order valence-electron chi connectivity index (χ3n) is 3.27. The molecule has 0 fully saturated rings. The number of aryl methyl sites for hydroxylation is 1. The Bertz CT molecular complexity index is 585. The highest BCUT2D eigenvalue weighted by atomic mass is 16.6. The fourth-order valence-electron chi connectivity index (χ4n) is 2.33. The normalized spacial score (nSPS) is 15.0. The van der Waals surface area contributed by atoms with E-state index in [1.165, 1.54) is 5.56 Å². The maximum Gasteiger partial charge on any atom is 0.408 e. The molecule has 1 aliphatic rings. The van der Waals surface area contributed by atoms with Crippen LogP contribution in [0, 0.1) is 11.3 Å². The molecule has 1 amide bonds. The minimum Gasteiger partial charge on any atom is -0.493 e. The smallest absolute Gasteiger partial charge is 0.408 e. The number of carbonyl (C=O) groups excluding carboxylic acids is 1. The molecule has 0 radical (unpaired) electrons. The van der Waals surface area contributed by atoms with Crippen LogP contribution in [-0.2, 0) is 17.6 Å². The van der Waals surface area contributed by atoms with Crippen molar-refractivity contribution < 1.29 is 14.3 Å². The first-order valence-corrected chi connectivity index (χ1v) is 7.51. The summed E-state index contributed by atoms with van der Waals surface area (Å²) in [5.41, 5.74) is 1.58. The number of hydrogen-bond donors (Lipinski definition) is 1. The van der Waals surface area contributed by atoms with Gasteiger partial charge in [0.15, 0.2) is 0 Å². The fourth-order valence-corrected chi connectivity index (χ4v) is 2.33. The van der Waals surface area contributed by atoms with E-state index in [0.717, 1.165) is 30.8 Å². The SMILES string of the molecule is CC(C)(C)OC(=O)N[C@H](C#N)Cc1ccc2c(c1)OCCC2. The van der Waals surface area contributed by atoms with Crippen molar-refractivity contribution in [2.45, 2.75) is 51.7 Å². The maximum atomic E-state index is 11.7. The molecule has 0 saturated carbocycles. The maximum absolute atomic E-state index is 11.7. The Morgan fingerprint density at radius 3 is 2.95 bits per heavy atom. The van der Waals surface area contributed by atoms with E-state index >= 15 is 0 Å². The molecule has 1 aliphatic heterocycles. The second-order valence-corrected chi connectivity index (χ2v) is 6.43. The predicted octanol–water partition coefficient (Wildman–Crippen LogP) is 2.97. The van der Waals surface area contributed by atoms with E-state index in [-0.39, 0.29) is 0 Å². The molecule has 0 bridgehead atoms. The van der Waals surface area contributed by atoms with Crippen molar-refractivity contribution in [3.63, 3.8) is 0 Å². The predicted molar refractivity (Wildman–Crippen MR) is 82.7 cm³/mol. The lowest BCUT2D eigenvalue weighted by Gasteiger charge is -2.21. The molecule has 1 atom stereocenters. The Morgan fingerprint density at radius 1 is 1.50 bits per heavy atom. The van der Waals surface area contributed by atoms with Gasteiger partial charge in [0.25, 0.3) is 0 Å². The third kappa shape index (κ3) is 4.66. The van der Waals surface area contributed by atoms with E-state index in [1.54, 1.807) is 20.8 Å². The van der Waals surface area contributed by atoms with Gasteiger partial charge in [-0.15, -0.1) is 0 Å². The molecule has 1 aromatic rings. The van der Waals surface area contributed by atoms with Gasteiger partial charge >= 0.3 is 6.09 Å². The van der Waals surface area contributed by atoms with E-state index in [9.17, 15) is 10.1 Å². The number of fused-ring (bicyclic) bond motifs is 1. The Labute approximate surface area is 131 Å². The van der Waals surface area contributed by atoms with Gasteiger partial charge in [-0.1, -0.05) is 12.1 Å². The first-order valence-electron chi connectivity index (χ1n) is 7.51. The van der Waals surface area contributed by atoms with Crippen molar-refractivity contribution >= 4 is 6.09 Å². The van der Waals surface area contributed by atoms with Crippen LogP contribution in [-0.4, -0.2) is 24.3 Å². The van der Waals surface area contributed by atoms with Crippen molar-refractivity contribution in [2.75, 3.05) is 6.61 Å². The highest BCUT2D eigenvalue weighted by molar-refractivity contribution is 5.68. The van der Waals surface area contributed by atoms with E-state index in [0.29, 0.717) is 6.42 Å². The van der Waals surface area contributed by atoms with Crippen molar-refractivity contribution in [2.24, 2.45) is 0 Å². The summed E-state index contributed by atoms with van der Waals surface area (Å²) in [7, 11) is 0. The summed E-state index contributed by atoms with van der Waals surface area (Å²) in [6.45, 7) is 6.09. The van der Waals surface area contributed by atoms with Crippen LogP contribution in [0.2, 0.25) is 0 Å². The van der Waals surface area contributed by atoms with E-state index < -0.39 is 17.7 Å². The molecule has 1 N–H and O–H groups in total. The lowest BCUT2D eigenvalue weighted by atomic mass is 10.0. The van der Waals surface area contributed by atoms with Gasteiger partial charge in [0, 0.05) is 6.42 Å². The van der Waals surface area contributed by atoms with Gasteiger partial charge in [-0.3, -0.25) is 0 Å². The number of amides is 1. The number of rotatable bonds is 3. The number of benzene rings is 1. The standard InChI is InChI=1S/C17H22N2O3/c1-17(2,3)22-16(20)19-14(11-18)9-12-6-7-13-5-4-8-21-15(13)10-12/h6-7,10,14H,4-5,8-9H2,1-3H3,(H,19,20)/t14-/m0/s1. The van der Waals surface area contributed by atoms with Crippen LogP contribution in [0.3, 0.4) is 0 Å². The first-order chi connectivity index (χ1) is 10.4. The van der Waals surface area contributed by atoms with Gasteiger partial charge in [-0.25, -0.2) is 4.79 Å². The summed E-state index contributed by atoms with van der Waals surface area (Å²) in [5.74, 6) is 0.887. The molecule has 0 aliphatic carbocycles. The number of ether oxygens (including phenoxy) is 2. The number of hydrogen-bond acceptors (Lipinski definition) is 4. The summed E-state index contributed by atoms with van der Waals surface area (Å²) in [5, 5.41) is 11.8. The first kappa shape index (κ1) is 16.2. The molecule has 0 aromatic heterocycles. The van der Waals surface area contributed by atoms with Crippen LogP contribution in [0.25, 0.3) is 0 Å². The Hall–Kier alpha value is -2.22. The van der Waals surface area contributed by atoms with Crippen LogP contribution < -0.4 is 10.1 Å². The van der Waals surface area contributed by atoms with Gasteiger partial charge in [0.2, 0.25) is 0 Å². The second kappa shape index (κ2) is 6.69. The fraction of sp³-hybridized carbons (Fsp3) is 0.529. The number of nitriles is 1. The van der Waals surface area contributed by atoms with Crippen LogP contribution >= 0.6 is 0 Å². The number of carbonyl (C=O) groups is 1. The van der Waals surface area contributed by atoms with Crippen molar-refractivity contribution in [1.82, 2.24) is 5.32 Å². The largest absolute Gasteiger partial charge is 0.493 e.